The van der Waals surface area contributed by atoms with Crippen molar-refractivity contribution >= 4 is 44.4 Å². The third kappa shape index (κ3) is 3.98. The molecule has 160 valence electrons. The highest BCUT2D eigenvalue weighted by molar-refractivity contribution is 7.17. The van der Waals surface area contributed by atoms with Crippen molar-refractivity contribution in [2.75, 3.05) is 0 Å². The molecule has 31 heavy (non-hydrogen) atoms. The maximum Gasteiger partial charge on any atom is 0.324 e. The summed E-state index contributed by atoms with van der Waals surface area (Å²) in [5.41, 5.74) is 0.717. The van der Waals surface area contributed by atoms with Gasteiger partial charge >= 0.3 is 11.4 Å². The maximum absolute atomic E-state index is 10.4. The number of aromatic nitrogens is 2. The summed E-state index contributed by atoms with van der Waals surface area (Å²) in [6.45, 7) is 4.37. The second kappa shape index (κ2) is 8.31. The average Bonchev–Trinajstić information content (AvgIpc) is 3.21. The first kappa shape index (κ1) is 21.6. The normalized spacial score (nSPS) is 10.6. The Hall–Kier alpha value is -4.13. The summed E-state index contributed by atoms with van der Waals surface area (Å²) in [7, 11) is 0. The number of fused-ring (bicyclic) bond motifs is 3. The molecule has 0 aliphatic carbocycles. The summed E-state index contributed by atoms with van der Waals surface area (Å²) in [5.74, 6) is -1.21. The van der Waals surface area contributed by atoms with Crippen molar-refractivity contribution in [2.45, 2.75) is 20.3 Å². The van der Waals surface area contributed by atoms with Crippen molar-refractivity contribution in [3.63, 3.8) is 0 Å². The standard InChI is InChI=1S/C12H12N2S.C6H3N3O7/c1-3-10-8(2)15-12-13-9-6-4-5-7-11(9)14(10)12;10-6-4(8(13)14)1-3(7(11)12)2-5(6)9(15)16/h4-7H,3H2,1-2H3;1-2,10H. The van der Waals surface area contributed by atoms with E-state index >= 15 is 0 Å². The van der Waals surface area contributed by atoms with Crippen LogP contribution in [0.1, 0.15) is 17.5 Å². The van der Waals surface area contributed by atoms with Gasteiger partial charge in [0.05, 0.1) is 37.9 Å². The van der Waals surface area contributed by atoms with Crippen molar-refractivity contribution < 1.29 is 19.9 Å². The van der Waals surface area contributed by atoms with Crippen LogP contribution in [-0.4, -0.2) is 29.3 Å². The van der Waals surface area contributed by atoms with Gasteiger partial charge < -0.3 is 5.11 Å². The Labute approximate surface area is 177 Å². The number of aromatic hydroxyl groups is 1. The molecule has 0 aliphatic rings. The van der Waals surface area contributed by atoms with Crippen molar-refractivity contribution in [3.05, 3.63) is 77.3 Å². The molecule has 0 radical (unpaired) electrons. The second-order valence-corrected chi connectivity index (χ2v) is 7.46. The van der Waals surface area contributed by atoms with Crippen LogP contribution in [0, 0.1) is 37.3 Å². The first-order chi connectivity index (χ1) is 14.6. The first-order valence-corrected chi connectivity index (χ1v) is 9.63. The number of aryl methyl sites for hydroxylation is 2. The number of para-hydroxylation sites is 2. The molecule has 0 saturated heterocycles. The molecule has 0 spiro atoms. The van der Waals surface area contributed by atoms with Gasteiger partial charge in [-0.15, -0.1) is 11.3 Å². The van der Waals surface area contributed by atoms with Gasteiger partial charge in [-0.05, 0) is 25.5 Å². The van der Waals surface area contributed by atoms with Gasteiger partial charge in [0, 0.05) is 10.6 Å². The van der Waals surface area contributed by atoms with E-state index in [9.17, 15) is 30.3 Å². The van der Waals surface area contributed by atoms with Gasteiger partial charge in [-0.25, -0.2) is 4.98 Å². The molecule has 4 aromatic rings. The van der Waals surface area contributed by atoms with Crippen LogP contribution < -0.4 is 0 Å². The number of non-ortho nitro benzene ring substituents is 1. The van der Waals surface area contributed by atoms with E-state index in [0.29, 0.717) is 12.1 Å². The van der Waals surface area contributed by atoms with E-state index in [0.717, 1.165) is 16.9 Å². The molecular formula is C18H15N5O7S. The van der Waals surface area contributed by atoms with Crippen LogP contribution in [0.3, 0.4) is 0 Å². The first-order valence-electron chi connectivity index (χ1n) is 8.81. The van der Waals surface area contributed by atoms with Crippen molar-refractivity contribution in [3.8, 4) is 5.75 Å². The van der Waals surface area contributed by atoms with E-state index in [1.165, 1.54) is 16.1 Å². The van der Waals surface area contributed by atoms with Gasteiger partial charge in [0.25, 0.3) is 11.4 Å². The number of nitro groups is 3. The number of rotatable bonds is 4. The Morgan fingerprint density at radius 2 is 1.61 bits per heavy atom. The molecule has 4 rings (SSSR count). The summed E-state index contributed by atoms with van der Waals surface area (Å²) < 4.78 is 2.29. The summed E-state index contributed by atoms with van der Waals surface area (Å²) in [4.78, 5) is 34.9. The minimum Gasteiger partial charge on any atom is -0.497 e. The SMILES string of the molecule is CCc1c(C)sc2nc3ccccc3n12.O=[N+]([O-])c1cc([N+](=O)[O-])c(O)c([N+](=O)[O-])c1. The Morgan fingerprint density at radius 1 is 1.03 bits per heavy atom. The fourth-order valence-electron chi connectivity index (χ4n) is 3.07. The molecule has 1 N–H and O–H groups in total. The third-order valence-electron chi connectivity index (χ3n) is 4.44. The number of nitro benzene ring substituents is 3. The zero-order valence-electron chi connectivity index (χ0n) is 16.2. The lowest BCUT2D eigenvalue weighted by Gasteiger charge is -1.97. The second-order valence-electron chi connectivity index (χ2n) is 6.28. The summed E-state index contributed by atoms with van der Waals surface area (Å²) in [6.07, 6.45) is 1.06. The lowest BCUT2D eigenvalue weighted by atomic mass is 10.2. The largest absolute Gasteiger partial charge is 0.497 e. The van der Waals surface area contributed by atoms with Gasteiger partial charge in [0.1, 0.15) is 0 Å². The van der Waals surface area contributed by atoms with Crippen LogP contribution in [0.5, 0.6) is 5.75 Å². The molecule has 0 bridgehead atoms. The number of benzene rings is 2. The highest BCUT2D eigenvalue weighted by Crippen LogP contribution is 2.39. The summed E-state index contributed by atoms with van der Waals surface area (Å²) >= 11 is 1.78. The summed E-state index contributed by atoms with van der Waals surface area (Å²) in [5, 5.41) is 40.2. The van der Waals surface area contributed by atoms with E-state index in [1.807, 2.05) is 6.07 Å². The van der Waals surface area contributed by atoms with E-state index in [4.69, 9.17) is 5.11 Å². The molecule has 0 atom stereocenters. The molecule has 13 heteroatoms. The fraction of sp³-hybridized carbons (Fsp3) is 0.167. The zero-order valence-corrected chi connectivity index (χ0v) is 17.0. The predicted molar refractivity (Wildman–Crippen MR) is 113 cm³/mol. The lowest BCUT2D eigenvalue weighted by molar-refractivity contribution is -0.404. The number of hydrogen-bond donors (Lipinski definition) is 1. The Bertz CT molecular complexity index is 1310. The van der Waals surface area contributed by atoms with Crippen LogP contribution in [0.2, 0.25) is 0 Å². The minimum atomic E-state index is -1.21. The fourth-order valence-corrected chi connectivity index (χ4v) is 4.14. The Balaban J connectivity index is 0.000000176. The third-order valence-corrected chi connectivity index (χ3v) is 5.44. The van der Waals surface area contributed by atoms with Gasteiger partial charge in [-0.1, -0.05) is 19.1 Å². The maximum atomic E-state index is 10.4. The predicted octanol–water partition coefficient (Wildman–Crippen LogP) is 4.54. The van der Waals surface area contributed by atoms with Crippen LogP contribution in [0.15, 0.2) is 36.4 Å². The number of nitrogens with zero attached hydrogens (tertiary/aromatic N) is 5. The van der Waals surface area contributed by atoms with E-state index in [-0.39, 0.29) is 0 Å². The minimum absolute atomic E-state index is 0.447. The number of hydrogen-bond acceptors (Lipinski definition) is 9. The number of thiazole rings is 1. The number of phenolic OH excluding ortho intramolecular Hbond substituents is 1. The van der Waals surface area contributed by atoms with Crippen molar-refractivity contribution in [1.82, 2.24) is 9.38 Å². The Kier molecular flexibility index (Phi) is 5.79. The highest BCUT2D eigenvalue weighted by atomic mass is 32.1. The van der Waals surface area contributed by atoms with Gasteiger partial charge in [0.2, 0.25) is 0 Å². The van der Waals surface area contributed by atoms with Crippen LogP contribution >= 0.6 is 11.3 Å². The lowest BCUT2D eigenvalue weighted by Crippen LogP contribution is -1.97. The van der Waals surface area contributed by atoms with Gasteiger partial charge in [-0.2, -0.15) is 0 Å². The van der Waals surface area contributed by atoms with E-state index in [2.05, 4.69) is 41.4 Å². The molecule has 12 nitrogen and oxygen atoms in total. The molecule has 0 aliphatic heterocycles. The van der Waals surface area contributed by atoms with Gasteiger partial charge in [-0.3, -0.25) is 34.7 Å². The molecule has 2 heterocycles. The number of imidazole rings is 1. The number of phenols is 1. The molecule has 0 fully saturated rings. The Morgan fingerprint density at radius 3 is 2.13 bits per heavy atom. The molecule has 0 saturated carbocycles. The van der Waals surface area contributed by atoms with Gasteiger partial charge in [0.15, 0.2) is 4.96 Å². The molecule has 2 aromatic carbocycles. The van der Waals surface area contributed by atoms with Crippen molar-refractivity contribution in [2.24, 2.45) is 0 Å². The smallest absolute Gasteiger partial charge is 0.324 e. The van der Waals surface area contributed by atoms with Crippen LogP contribution in [-0.2, 0) is 6.42 Å². The molecular weight excluding hydrogens is 430 g/mol. The highest BCUT2D eigenvalue weighted by Gasteiger charge is 2.30. The average molecular weight is 445 g/mol. The summed E-state index contributed by atoms with van der Waals surface area (Å²) in [6, 6.07) is 9.22. The topological polar surface area (TPSA) is 167 Å². The van der Waals surface area contributed by atoms with E-state index in [1.54, 1.807) is 11.3 Å². The van der Waals surface area contributed by atoms with Crippen molar-refractivity contribution in [1.29, 1.82) is 0 Å². The monoisotopic (exact) mass is 445 g/mol. The molecule has 2 aromatic heterocycles. The van der Waals surface area contributed by atoms with Crippen LogP contribution in [0.4, 0.5) is 17.1 Å². The van der Waals surface area contributed by atoms with E-state index < -0.39 is 37.6 Å². The zero-order chi connectivity index (χ0) is 22.9. The van der Waals surface area contributed by atoms with Crippen LogP contribution in [0.25, 0.3) is 16.0 Å². The molecule has 0 unspecified atom stereocenters. The quantitative estimate of drug-likeness (QED) is 0.353. The molecule has 0 amide bonds.